The fourth-order valence-electron chi connectivity index (χ4n) is 1.06. The molecule has 7 heteroatoms. The van der Waals surface area contributed by atoms with Crippen molar-refractivity contribution in [3.8, 4) is 0 Å². The lowest BCUT2D eigenvalue weighted by atomic mass is 10.3. The first-order valence-corrected chi connectivity index (χ1v) is 8.45. The molecule has 0 spiro atoms. The maximum atomic E-state index is 11.8. The van der Waals surface area contributed by atoms with Crippen LogP contribution in [0.1, 0.15) is 20.8 Å². The number of nitrogens with zero attached hydrogens (tertiary/aromatic N) is 1. The Bertz CT molecular complexity index is 268. The summed E-state index contributed by atoms with van der Waals surface area (Å²) in [6.07, 6.45) is 2.07. The minimum Gasteiger partial charge on any atom is -0.356 e. The zero-order chi connectivity index (χ0) is 13.3. The van der Waals surface area contributed by atoms with Gasteiger partial charge in [0.25, 0.3) is 0 Å². The largest absolute Gasteiger partial charge is 0.356 e. The van der Waals surface area contributed by atoms with Crippen LogP contribution in [0.2, 0.25) is 0 Å². The van der Waals surface area contributed by atoms with E-state index in [1.807, 2.05) is 20.8 Å². The van der Waals surface area contributed by atoms with Gasteiger partial charge in [-0.1, -0.05) is 0 Å². The standard InChI is InChI=1S/C11H25N3OS2.HI/c1-11(2,3)17(15)9-7-14-10(12-4)13-6-8-16-5;/h6-9H2,1-5H3,(H2,12,13,14);1H. The van der Waals surface area contributed by atoms with Gasteiger partial charge in [0, 0.05) is 47.2 Å². The first kappa shape index (κ1) is 20.8. The molecular formula is C11H26IN3OS2. The summed E-state index contributed by atoms with van der Waals surface area (Å²) in [6, 6.07) is 0. The molecule has 0 aliphatic carbocycles. The summed E-state index contributed by atoms with van der Waals surface area (Å²) in [5.41, 5.74) is 0. The average molecular weight is 407 g/mol. The topological polar surface area (TPSA) is 53.5 Å². The molecule has 0 aliphatic heterocycles. The van der Waals surface area contributed by atoms with E-state index in [0.717, 1.165) is 18.3 Å². The molecule has 18 heavy (non-hydrogen) atoms. The van der Waals surface area contributed by atoms with Crippen molar-refractivity contribution >= 4 is 52.5 Å². The summed E-state index contributed by atoms with van der Waals surface area (Å²) in [7, 11) is 0.933. The number of hydrogen-bond acceptors (Lipinski definition) is 3. The highest BCUT2D eigenvalue weighted by atomic mass is 127. The first-order valence-electron chi connectivity index (χ1n) is 5.73. The highest BCUT2D eigenvalue weighted by Crippen LogP contribution is 2.10. The Kier molecular flexibility index (Phi) is 13.1. The summed E-state index contributed by atoms with van der Waals surface area (Å²) in [5.74, 6) is 2.48. The van der Waals surface area contributed by atoms with E-state index in [2.05, 4.69) is 21.9 Å². The van der Waals surface area contributed by atoms with E-state index in [4.69, 9.17) is 0 Å². The molecule has 0 rings (SSSR count). The number of aliphatic imine (C=N–C) groups is 1. The monoisotopic (exact) mass is 407 g/mol. The van der Waals surface area contributed by atoms with E-state index in [1.165, 1.54) is 0 Å². The number of nitrogens with one attached hydrogen (secondary N) is 2. The van der Waals surface area contributed by atoms with Crippen LogP contribution in [0.25, 0.3) is 0 Å². The number of guanidine groups is 1. The summed E-state index contributed by atoms with van der Waals surface area (Å²) >= 11 is 1.79. The summed E-state index contributed by atoms with van der Waals surface area (Å²) < 4.78 is 11.7. The van der Waals surface area contributed by atoms with Crippen molar-refractivity contribution in [2.75, 3.05) is 37.9 Å². The summed E-state index contributed by atoms with van der Waals surface area (Å²) in [6.45, 7) is 7.56. The predicted molar refractivity (Wildman–Crippen MR) is 95.9 cm³/mol. The normalized spacial score (nSPS) is 13.7. The van der Waals surface area contributed by atoms with E-state index in [9.17, 15) is 4.21 Å². The van der Waals surface area contributed by atoms with Crippen LogP contribution in [0.4, 0.5) is 0 Å². The fraction of sp³-hybridized carbons (Fsp3) is 0.909. The minimum absolute atomic E-state index is 0. The van der Waals surface area contributed by atoms with Crippen LogP contribution in [0.3, 0.4) is 0 Å². The Balaban J connectivity index is 0. The Labute approximate surface area is 135 Å². The van der Waals surface area contributed by atoms with E-state index >= 15 is 0 Å². The molecule has 0 saturated carbocycles. The van der Waals surface area contributed by atoms with Gasteiger partial charge in [0.1, 0.15) is 0 Å². The van der Waals surface area contributed by atoms with Gasteiger partial charge in [-0.05, 0) is 27.0 Å². The molecule has 0 amide bonds. The Morgan fingerprint density at radius 2 is 1.83 bits per heavy atom. The molecule has 0 aliphatic rings. The van der Waals surface area contributed by atoms with Gasteiger partial charge in [0.05, 0.1) is 0 Å². The van der Waals surface area contributed by atoms with Crippen molar-refractivity contribution < 1.29 is 4.21 Å². The van der Waals surface area contributed by atoms with Crippen molar-refractivity contribution in [2.45, 2.75) is 25.5 Å². The molecular weight excluding hydrogens is 381 g/mol. The maximum Gasteiger partial charge on any atom is 0.191 e. The van der Waals surface area contributed by atoms with Crippen molar-refractivity contribution in [3.05, 3.63) is 0 Å². The molecule has 110 valence electrons. The van der Waals surface area contributed by atoms with Crippen LogP contribution in [0.15, 0.2) is 4.99 Å². The van der Waals surface area contributed by atoms with Crippen LogP contribution in [-0.2, 0) is 10.8 Å². The molecule has 2 N–H and O–H groups in total. The van der Waals surface area contributed by atoms with Gasteiger partial charge in [-0.2, -0.15) is 11.8 Å². The highest BCUT2D eigenvalue weighted by Gasteiger charge is 2.18. The van der Waals surface area contributed by atoms with Gasteiger partial charge < -0.3 is 10.6 Å². The highest BCUT2D eigenvalue weighted by molar-refractivity contribution is 14.0. The third-order valence-corrected chi connectivity index (χ3v) is 4.64. The summed E-state index contributed by atoms with van der Waals surface area (Å²) in [5, 5.41) is 6.37. The molecule has 1 unspecified atom stereocenters. The van der Waals surface area contributed by atoms with E-state index in [0.29, 0.717) is 12.3 Å². The SMILES string of the molecule is CN=C(NCCSC)NCCS(=O)C(C)(C)C.I. The molecule has 0 aromatic rings. The van der Waals surface area contributed by atoms with Gasteiger partial charge in [-0.25, -0.2) is 0 Å². The third kappa shape index (κ3) is 10.4. The third-order valence-electron chi connectivity index (χ3n) is 2.09. The van der Waals surface area contributed by atoms with Crippen LogP contribution in [-0.4, -0.2) is 52.8 Å². The van der Waals surface area contributed by atoms with Crippen molar-refractivity contribution in [1.29, 1.82) is 0 Å². The zero-order valence-corrected chi connectivity index (χ0v) is 15.9. The first-order chi connectivity index (χ1) is 7.91. The van der Waals surface area contributed by atoms with Crippen LogP contribution in [0, 0.1) is 0 Å². The second-order valence-corrected chi connectivity index (χ2v) is 7.89. The van der Waals surface area contributed by atoms with Crippen molar-refractivity contribution in [3.63, 3.8) is 0 Å². The van der Waals surface area contributed by atoms with Gasteiger partial charge in [-0.3, -0.25) is 9.20 Å². The maximum absolute atomic E-state index is 11.8. The molecule has 0 aromatic carbocycles. The number of thioether (sulfide) groups is 1. The second-order valence-electron chi connectivity index (χ2n) is 4.58. The summed E-state index contributed by atoms with van der Waals surface area (Å²) in [4.78, 5) is 4.11. The van der Waals surface area contributed by atoms with E-state index in [1.54, 1.807) is 18.8 Å². The Morgan fingerprint density at radius 3 is 2.28 bits per heavy atom. The molecule has 0 saturated heterocycles. The van der Waals surface area contributed by atoms with Gasteiger partial charge >= 0.3 is 0 Å². The second kappa shape index (κ2) is 11.3. The Morgan fingerprint density at radius 1 is 1.28 bits per heavy atom. The molecule has 0 heterocycles. The van der Waals surface area contributed by atoms with Gasteiger partial charge in [0.2, 0.25) is 0 Å². The molecule has 0 fully saturated rings. The number of hydrogen-bond donors (Lipinski definition) is 2. The lowest BCUT2D eigenvalue weighted by Crippen LogP contribution is -2.41. The number of halogens is 1. The van der Waals surface area contributed by atoms with E-state index in [-0.39, 0.29) is 28.7 Å². The lowest BCUT2D eigenvalue weighted by molar-refractivity contribution is 0.647. The quantitative estimate of drug-likeness (QED) is 0.305. The molecule has 0 aromatic heterocycles. The van der Waals surface area contributed by atoms with Gasteiger partial charge in [-0.15, -0.1) is 24.0 Å². The van der Waals surface area contributed by atoms with Gasteiger partial charge in [0.15, 0.2) is 5.96 Å². The van der Waals surface area contributed by atoms with Crippen LogP contribution >= 0.6 is 35.7 Å². The average Bonchev–Trinajstić information content (AvgIpc) is 2.25. The fourth-order valence-corrected chi connectivity index (χ4v) is 2.27. The number of rotatable bonds is 6. The van der Waals surface area contributed by atoms with Crippen molar-refractivity contribution in [2.24, 2.45) is 4.99 Å². The lowest BCUT2D eigenvalue weighted by Gasteiger charge is -2.18. The Hall–Kier alpha value is 0.500. The van der Waals surface area contributed by atoms with Crippen LogP contribution < -0.4 is 10.6 Å². The molecule has 0 radical (unpaired) electrons. The molecule has 4 nitrogen and oxygen atoms in total. The van der Waals surface area contributed by atoms with Crippen LogP contribution in [0.5, 0.6) is 0 Å². The van der Waals surface area contributed by atoms with Crippen molar-refractivity contribution in [1.82, 2.24) is 10.6 Å². The zero-order valence-electron chi connectivity index (χ0n) is 11.9. The minimum atomic E-state index is -0.812. The molecule has 0 bridgehead atoms. The van der Waals surface area contributed by atoms with E-state index < -0.39 is 10.8 Å². The predicted octanol–water partition coefficient (Wildman–Crippen LogP) is 1.68. The molecule has 1 atom stereocenters. The smallest absolute Gasteiger partial charge is 0.191 e.